The highest BCUT2D eigenvalue weighted by Gasteiger charge is 2.42. The van der Waals surface area contributed by atoms with Crippen LogP contribution in [0, 0.1) is 0 Å². The first kappa shape index (κ1) is 16.0. The van der Waals surface area contributed by atoms with Gasteiger partial charge in [-0.05, 0) is 48.6 Å². The largest absolute Gasteiger partial charge is 0.342 e. The molecular formula is C16H24N2O2S. The fourth-order valence-electron chi connectivity index (χ4n) is 2.99. The maximum atomic E-state index is 13.0. The highest BCUT2D eigenvalue weighted by atomic mass is 32.1. The zero-order chi connectivity index (χ0) is 15.5. The Balaban J connectivity index is 2.20. The van der Waals surface area contributed by atoms with Crippen LogP contribution in [0.2, 0.25) is 0 Å². The monoisotopic (exact) mass is 308 g/mol. The van der Waals surface area contributed by atoms with Crippen molar-refractivity contribution >= 4 is 23.2 Å². The van der Waals surface area contributed by atoms with Gasteiger partial charge in [0, 0.05) is 19.0 Å². The van der Waals surface area contributed by atoms with Gasteiger partial charge >= 0.3 is 0 Å². The van der Waals surface area contributed by atoms with Crippen LogP contribution >= 0.6 is 11.3 Å². The lowest BCUT2D eigenvalue weighted by molar-refractivity contribution is -0.141. The first-order valence-electron chi connectivity index (χ1n) is 7.65. The van der Waals surface area contributed by atoms with Crippen molar-refractivity contribution in [2.24, 2.45) is 0 Å². The summed E-state index contributed by atoms with van der Waals surface area (Å²) in [4.78, 5) is 26.8. The van der Waals surface area contributed by atoms with E-state index in [1.165, 1.54) is 5.56 Å². The minimum absolute atomic E-state index is 0.0164. The molecule has 0 aromatic carbocycles. The van der Waals surface area contributed by atoms with Gasteiger partial charge in [0.05, 0.1) is 0 Å². The van der Waals surface area contributed by atoms with E-state index in [0.29, 0.717) is 25.8 Å². The van der Waals surface area contributed by atoms with Crippen molar-refractivity contribution in [2.75, 3.05) is 6.54 Å². The Morgan fingerprint density at radius 3 is 2.67 bits per heavy atom. The molecule has 1 atom stereocenters. The normalized spacial score (nSPS) is 20.0. The smallest absolute Gasteiger partial charge is 0.248 e. The lowest BCUT2D eigenvalue weighted by Gasteiger charge is -2.36. The van der Waals surface area contributed by atoms with Gasteiger partial charge in [0.2, 0.25) is 11.8 Å². The third kappa shape index (κ3) is 3.28. The van der Waals surface area contributed by atoms with E-state index >= 15 is 0 Å². The zero-order valence-corrected chi connectivity index (χ0v) is 13.8. The van der Waals surface area contributed by atoms with Gasteiger partial charge in [-0.3, -0.25) is 9.59 Å². The molecule has 5 heteroatoms. The summed E-state index contributed by atoms with van der Waals surface area (Å²) in [5.41, 5.74) is 0.527. The van der Waals surface area contributed by atoms with Gasteiger partial charge in [-0.1, -0.05) is 13.8 Å². The van der Waals surface area contributed by atoms with Gasteiger partial charge in [0.15, 0.2) is 0 Å². The summed E-state index contributed by atoms with van der Waals surface area (Å²) in [5.74, 6) is 0.0540. The number of hydrogen-bond donors (Lipinski definition) is 1. The van der Waals surface area contributed by atoms with Gasteiger partial charge < -0.3 is 10.2 Å². The van der Waals surface area contributed by atoms with Crippen LogP contribution in [0.5, 0.6) is 0 Å². The minimum atomic E-state index is -0.726. The topological polar surface area (TPSA) is 49.4 Å². The maximum Gasteiger partial charge on any atom is 0.248 e. The van der Waals surface area contributed by atoms with Crippen LogP contribution in [0.4, 0.5) is 0 Å². The Labute approximate surface area is 130 Å². The number of amides is 2. The lowest BCUT2D eigenvalue weighted by atomic mass is 9.90. The van der Waals surface area contributed by atoms with E-state index in [-0.39, 0.29) is 17.9 Å². The molecule has 0 spiro atoms. The summed E-state index contributed by atoms with van der Waals surface area (Å²) in [6, 6.07) is 2.21. The molecule has 2 rings (SSSR count). The Morgan fingerprint density at radius 2 is 2.10 bits per heavy atom. The molecule has 0 saturated carbocycles. The second-order valence-corrected chi connectivity index (χ2v) is 6.55. The molecule has 0 aliphatic carbocycles. The van der Waals surface area contributed by atoms with Crippen molar-refractivity contribution in [1.82, 2.24) is 10.2 Å². The summed E-state index contributed by atoms with van der Waals surface area (Å²) in [6.45, 7) is 6.52. The van der Waals surface area contributed by atoms with E-state index in [4.69, 9.17) is 0 Å². The molecule has 4 nitrogen and oxygen atoms in total. The van der Waals surface area contributed by atoms with Gasteiger partial charge in [-0.15, -0.1) is 0 Å². The number of nitrogens with zero attached hydrogens (tertiary/aromatic N) is 1. The standard InChI is InChI=1S/C16H24N2O2S/c1-4-16(5-2)15(20)18(8-6-14(19)17-16)12(3)10-13-7-9-21-11-13/h7,9,11-12H,4-6,8,10H2,1-3H3,(H,17,19). The van der Waals surface area contributed by atoms with Crippen molar-refractivity contribution < 1.29 is 9.59 Å². The molecule has 2 amide bonds. The number of rotatable bonds is 5. The number of nitrogens with one attached hydrogen (secondary N) is 1. The molecule has 1 N–H and O–H groups in total. The molecule has 0 bridgehead atoms. The predicted octanol–water partition coefficient (Wildman–Crippen LogP) is 2.59. The van der Waals surface area contributed by atoms with Crippen molar-refractivity contribution in [1.29, 1.82) is 0 Å². The van der Waals surface area contributed by atoms with E-state index in [2.05, 4.69) is 29.1 Å². The molecule has 1 saturated heterocycles. The van der Waals surface area contributed by atoms with E-state index in [9.17, 15) is 9.59 Å². The molecule has 1 aromatic rings. The molecule has 116 valence electrons. The van der Waals surface area contributed by atoms with Crippen LogP contribution in [0.25, 0.3) is 0 Å². The van der Waals surface area contributed by atoms with Gasteiger partial charge in [-0.2, -0.15) is 11.3 Å². The van der Waals surface area contributed by atoms with Crippen LogP contribution in [0.3, 0.4) is 0 Å². The first-order chi connectivity index (χ1) is 10.0. The summed E-state index contributed by atoms with van der Waals surface area (Å²) in [6.07, 6.45) is 2.50. The second-order valence-electron chi connectivity index (χ2n) is 5.77. The predicted molar refractivity (Wildman–Crippen MR) is 85.3 cm³/mol. The quantitative estimate of drug-likeness (QED) is 0.909. The van der Waals surface area contributed by atoms with E-state index in [1.54, 1.807) is 11.3 Å². The highest BCUT2D eigenvalue weighted by Crippen LogP contribution is 2.24. The van der Waals surface area contributed by atoms with E-state index < -0.39 is 5.54 Å². The highest BCUT2D eigenvalue weighted by molar-refractivity contribution is 7.07. The van der Waals surface area contributed by atoms with Crippen molar-refractivity contribution in [3.63, 3.8) is 0 Å². The number of carbonyl (C=O) groups excluding carboxylic acids is 2. The Bertz CT molecular complexity index is 494. The van der Waals surface area contributed by atoms with Gasteiger partial charge in [0.1, 0.15) is 5.54 Å². The Morgan fingerprint density at radius 1 is 1.38 bits per heavy atom. The van der Waals surface area contributed by atoms with Crippen LogP contribution in [0.1, 0.15) is 45.6 Å². The molecule has 1 aliphatic rings. The third-order valence-corrected chi connectivity index (χ3v) is 5.21. The molecule has 1 aliphatic heterocycles. The average molecular weight is 308 g/mol. The fourth-order valence-corrected chi connectivity index (χ4v) is 3.67. The summed E-state index contributed by atoms with van der Waals surface area (Å²) < 4.78 is 0. The summed E-state index contributed by atoms with van der Waals surface area (Å²) in [7, 11) is 0. The van der Waals surface area contributed by atoms with Crippen LogP contribution in [-0.2, 0) is 16.0 Å². The third-order valence-electron chi connectivity index (χ3n) is 4.48. The Kier molecular flexibility index (Phi) is 5.04. The molecule has 1 fully saturated rings. The molecule has 0 radical (unpaired) electrons. The van der Waals surface area contributed by atoms with E-state index in [1.807, 2.05) is 18.7 Å². The molecule has 21 heavy (non-hydrogen) atoms. The van der Waals surface area contributed by atoms with Gasteiger partial charge in [0.25, 0.3) is 0 Å². The van der Waals surface area contributed by atoms with Crippen LogP contribution < -0.4 is 5.32 Å². The first-order valence-corrected chi connectivity index (χ1v) is 8.60. The van der Waals surface area contributed by atoms with Crippen LogP contribution in [0.15, 0.2) is 16.8 Å². The number of hydrogen-bond acceptors (Lipinski definition) is 3. The zero-order valence-electron chi connectivity index (χ0n) is 13.0. The van der Waals surface area contributed by atoms with Crippen molar-refractivity contribution in [2.45, 2.75) is 58.0 Å². The van der Waals surface area contributed by atoms with Crippen molar-refractivity contribution in [3.8, 4) is 0 Å². The minimum Gasteiger partial charge on any atom is -0.342 e. The van der Waals surface area contributed by atoms with Crippen LogP contribution in [-0.4, -0.2) is 34.8 Å². The second kappa shape index (κ2) is 6.60. The summed E-state index contributed by atoms with van der Waals surface area (Å²) in [5, 5.41) is 7.13. The molecule has 2 heterocycles. The molecular weight excluding hydrogens is 284 g/mol. The lowest BCUT2D eigenvalue weighted by Crippen LogP contribution is -2.58. The SMILES string of the molecule is CCC1(CC)NC(=O)CCN(C(C)Cc2ccsc2)C1=O. The number of thiophene rings is 1. The molecule has 1 unspecified atom stereocenters. The maximum absolute atomic E-state index is 13.0. The van der Waals surface area contributed by atoms with Crippen molar-refractivity contribution in [3.05, 3.63) is 22.4 Å². The Hall–Kier alpha value is -1.36. The van der Waals surface area contributed by atoms with E-state index in [0.717, 1.165) is 6.42 Å². The number of carbonyl (C=O) groups is 2. The van der Waals surface area contributed by atoms with Gasteiger partial charge in [-0.25, -0.2) is 0 Å². The summed E-state index contributed by atoms with van der Waals surface area (Å²) >= 11 is 1.67. The fraction of sp³-hybridized carbons (Fsp3) is 0.625. The molecule has 1 aromatic heterocycles. The average Bonchev–Trinajstić information content (AvgIpc) is 2.93.